The van der Waals surface area contributed by atoms with Crippen LogP contribution in [0.15, 0.2) is 22.6 Å². The molecule has 2 aliphatic rings. The number of benzene rings is 1. The van der Waals surface area contributed by atoms with Crippen LogP contribution >= 0.6 is 0 Å². The van der Waals surface area contributed by atoms with Crippen LogP contribution in [0.25, 0.3) is 11.1 Å². The Hall–Kier alpha value is -2.24. The van der Waals surface area contributed by atoms with Gasteiger partial charge in [-0.3, -0.25) is 4.79 Å². The van der Waals surface area contributed by atoms with Crippen molar-refractivity contribution in [1.82, 2.24) is 10.3 Å². The molecule has 1 amide bonds. The van der Waals surface area contributed by atoms with Crippen LogP contribution < -0.4 is 15.0 Å². The molecule has 1 aromatic heterocycles. The van der Waals surface area contributed by atoms with Gasteiger partial charge < -0.3 is 19.4 Å². The first-order chi connectivity index (χ1) is 13.6. The summed E-state index contributed by atoms with van der Waals surface area (Å²) in [5.41, 5.74) is 1.69. The fourth-order valence-corrected chi connectivity index (χ4v) is 3.99. The summed E-state index contributed by atoms with van der Waals surface area (Å²) >= 11 is 0. The van der Waals surface area contributed by atoms with Gasteiger partial charge in [0.15, 0.2) is 5.58 Å². The van der Waals surface area contributed by atoms with Crippen LogP contribution in [0.5, 0.6) is 5.75 Å². The summed E-state index contributed by atoms with van der Waals surface area (Å²) in [4.78, 5) is 18.0. The number of hydrogen-bond donors (Lipinski definition) is 1. The van der Waals surface area contributed by atoms with Crippen LogP contribution in [0.4, 0.5) is 6.01 Å². The van der Waals surface area contributed by atoms with Crippen molar-refractivity contribution in [1.29, 1.82) is 0 Å². The second-order valence-corrected chi connectivity index (χ2v) is 8.45. The van der Waals surface area contributed by atoms with E-state index < -0.39 is 0 Å². The average molecular weight is 386 g/mol. The van der Waals surface area contributed by atoms with Crippen LogP contribution in [0.2, 0.25) is 0 Å². The van der Waals surface area contributed by atoms with Gasteiger partial charge in [0.1, 0.15) is 11.3 Å². The second-order valence-electron chi connectivity index (χ2n) is 8.45. The normalized spacial score (nSPS) is 19.0. The number of ether oxygens (including phenoxy) is 1. The number of piperidine rings is 1. The molecular formula is C22H31N3O3. The van der Waals surface area contributed by atoms with E-state index in [0.29, 0.717) is 11.8 Å². The second kappa shape index (κ2) is 8.41. The molecule has 2 aromatic rings. The van der Waals surface area contributed by atoms with Gasteiger partial charge in [0.25, 0.3) is 6.01 Å². The highest BCUT2D eigenvalue weighted by Crippen LogP contribution is 2.33. The van der Waals surface area contributed by atoms with Gasteiger partial charge >= 0.3 is 0 Å². The van der Waals surface area contributed by atoms with E-state index in [0.717, 1.165) is 74.3 Å². The summed E-state index contributed by atoms with van der Waals surface area (Å²) in [5, 5.41) is 2.90. The summed E-state index contributed by atoms with van der Waals surface area (Å²) in [6, 6.07) is 6.66. The quantitative estimate of drug-likeness (QED) is 0.744. The number of nitrogens with zero attached hydrogens (tertiary/aromatic N) is 2. The zero-order chi connectivity index (χ0) is 19.5. The van der Waals surface area contributed by atoms with Crippen LogP contribution in [-0.2, 0) is 4.79 Å². The molecule has 1 aromatic carbocycles. The Morgan fingerprint density at radius 2 is 2.11 bits per heavy atom. The Labute approximate surface area is 166 Å². The Morgan fingerprint density at radius 3 is 2.82 bits per heavy atom. The van der Waals surface area contributed by atoms with E-state index in [4.69, 9.17) is 9.15 Å². The lowest BCUT2D eigenvalue weighted by atomic mass is 9.83. The Bertz CT molecular complexity index is 806. The smallest absolute Gasteiger partial charge is 0.298 e. The van der Waals surface area contributed by atoms with E-state index in [1.54, 1.807) is 6.92 Å². The summed E-state index contributed by atoms with van der Waals surface area (Å²) in [6.45, 7) is 7.38. The summed E-state index contributed by atoms with van der Waals surface area (Å²) in [5.74, 6) is 2.97. The van der Waals surface area contributed by atoms with E-state index in [2.05, 4.69) is 22.1 Å². The Kier molecular flexibility index (Phi) is 5.74. The van der Waals surface area contributed by atoms with E-state index >= 15 is 0 Å². The number of aromatic nitrogens is 1. The maximum atomic E-state index is 11.0. The van der Waals surface area contributed by atoms with Gasteiger partial charge in [-0.25, -0.2) is 0 Å². The van der Waals surface area contributed by atoms with Crippen molar-refractivity contribution in [3.8, 4) is 5.75 Å². The first-order valence-corrected chi connectivity index (χ1v) is 10.6. The SMILES string of the molecule is CC(=O)NCCC(C)C1CCN(c2nc3ccc(OCC4CC4)cc3o2)CC1. The van der Waals surface area contributed by atoms with Crippen molar-refractivity contribution in [3.05, 3.63) is 18.2 Å². The molecule has 1 atom stereocenters. The number of oxazole rings is 1. The van der Waals surface area contributed by atoms with Gasteiger partial charge in [-0.2, -0.15) is 4.98 Å². The topological polar surface area (TPSA) is 67.6 Å². The van der Waals surface area contributed by atoms with Gasteiger partial charge in [0, 0.05) is 32.6 Å². The summed E-state index contributed by atoms with van der Waals surface area (Å²) in [6.07, 6.45) is 5.88. The third-order valence-electron chi connectivity index (χ3n) is 6.12. The van der Waals surface area contributed by atoms with Crippen LogP contribution in [0.1, 0.15) is 46.0 Å². The minimum atomic E-state index is 0.0547. The maximum Gasteiger partial charge on any atom is 0.298 e. The van der Waals surface area contributed by atoms with Gasteiger partial charge in [-0.1, -0.05) is 6.92 Å². The van der Waals surface area contributed by atoms with Crippen molar-refractivity contribution in [3.63, 3.8) is 0 Å². The number of carbonyl (C=O) groups excluding carboxylic acids is 1. The number of fused-ring (bicyclic) bond motifs is 1. The lowest BCUT2D eigenvalue weighted by Crippen LogP contribution is -2.36. The van der Waals surface area contributed by atoms with E-state index in [9.17, 15) is 4.79 Å². The summed E-state index contributed by atoms with van der Waals surface area (Å²) < 4.78 is 11.9. The van der Waals surface area contributed by atoms with Crippen LogP contribution in [-0.4, -0.2) is 37.1 Å². The molecule has 1 saturated heterocycles. The molecule has 1 aliphatic carbocycles. The van der Waals surface area contributed by atoms with Crippen LogP contribution in [0.3, 0.4) is 0 Å². The third kappa shape index (κ3) is 4.78. The molecule has 28 heavy (non-hydrogen) atoms. The average Bonchev–Trinajstić information content (AvgIpc) is 3.43. The number of nitrogens with one attached hydrogen (secondary N) is 1. The minimum absolute atomic E-state index is 0.0547. The first kappa shape index (κ1) is 19.1. The summed E-state index contributed by atoms with van der Waals surface area (Å²) in [7, 11) is 0. The highest BCUT2D eigenvalue weighted by molar-refractivity contribution is 5.76. The number of anilines is 1. The van der Waals surface area contributed by atoms with Gasteiger partial charge in [-0.15, -0.1) is 0 Å². The van der Waals surface area contributed by atoms with Gasteiger partial charge in [0.05, 0.1) is 6.61 Å². The molecule has 1 unspecified atom stereocenters. The largest absolute Gasteiger partial charge is 0.493 e. The molecule has 1 N–H and O–H groups in total. The maximum absolute atomic E-state index is 11.0. The van der Waals surface area contributed by atoms with Gasteiger partial charge in [-0.05, 0) is 62.0 Å². The number of carbonyl (C=O) groups is 1. The zero-order valence-corrected chi connectivity index (χ0v) is 16.9. The Balaban J connectivity index is 1.31. The number of amides is 1. The van der Waals surface area contributed by atoms with E-state index in [1.165, 1.54) is 12.8 Å². The van der Waals surface area contributed by atoms with E-state index in [-0.39, 0.29) is 5.91 Å². The molecule has 0 spiro atoms. The van der Waals surface area contributed by atoms with Crippen molar-refractivity contribution in [2.24, 2.45) is 17.8 Å². The predicted octanol–water partition coefficient (Wildman–Crippen LogP) is 4.00. The van der Waals surface area contributed by atoms with Crippen molar-refractivity contribution >= 4 is 23.0 Å². The van der Waals surface area contributed by atoms with Crippen LogP contribution in [0, 0.1) is 17.8 Å². The third-order valence-corrected chi connectivity index (χ3v) is 6.12. The lowest BCUT2D eigenvalue weighted by Gasteiger charge is -2.34. The fraction of sp³-hybridized carbons (Fsp3) is 0.636. The standard InChI is InChI=1S/C22H31N3O3/c1-15(7-10-23-16(2)26)18-8-11-25(12-9-18)22-24-20-6-5-19(13-21(20)28-22)27-14-17-3-4-17/h5-6,13,15,17-18H,3-4,7-12,14H2,1-2H3,(H,23,26). The fourth-order valence-electron chi connectivity index (χ4n) is 3.99. The zero-order valence-electron chi connectivity index (χ0n) is 16.9. The number of hydrogen-bond acceptors (Lipinski definition) is 5. The molecule has 4 rings (SSSR count). The van der Waals surface area contributed by atoms with E-state index in [1.807, 2.05) is 18.2 Å². The molecule has 0 bridgehead atoms. The van der Waals surface area contributed by atoms with Crippen molar-refractivity contribution < 1.29 is 13.9 Å². The van der Waals surface area contributed by atoms with Gasteiger partial charge in [0.2, 0.25) is 5.91 Å². The lowest BCUT2D eigenvalue weighted by molar-refractivity contribution is -0.119. The highest BCUT2D eigenvalue weighted by Gasteiger charge is 2.26. The molecule has 1 aliphatic heterocycles. The molecule has 0 radical (unpaired) electrons. The molecule has 2 heterocycles. The highest BCUT2D eigenvalue weighted by atomic mass is 16.5. The number of rotatable bonds is 8. The molecule has 152 valence electrons. The molecule has 1 saturated carbocycles. The monoisotopic (exact) mass is 385 g/mol. The van der Waals surface area contributed by atoms with Crippen molar-refractivity contribution in [2.45, 2.75) is 46.0 Å². The molecule has 2 fully saturated rings. The minimum Gasteiger partial charge on any atom is -0.493 e. The molecule has 6 heteroatoms. The molecule has 6 nitrogen and oxygen atoms in total. The van der Waals surface area contributed by atoms with Crippen molar-refractivity contribution in [2.75, 3.05) is 31.1 Å². The Morgan fingerprint density at radius 1 is 1.32 bits per heavy atom. The predicted molar refractivity (Wildman–Crippen MR) is 110 cm³/mol. The first-order valence-electron chi connectivity index (χ1n) is 10.6. The molecular weight excluding hydrogens is 354 g/mol.